The molecule has 2 saturated heterocycles. The van der Waals surface area contributed by atoms with Crippen LogP contribution in [0, 0.1) is 11.8 Å². The van der Waals surface area contributed by atoms with Crippen LogP contribution in [0.2, 0.25) is 0 Å². The molecule has 0 amide bonds. The number of piperidine rings is 1. The summed E-state index contributed by atoms with van der Waals surface area (Å²) in [6.45, 7) is 9.46. The molecule has 7 heteroatoms. The highest BCUT2D eigenvalue weighted by atomic mass is 16.5. The molecule has 5 rings (SSSR count). The number of carboxylic acids is 1. The molecule has 2 aromatic rings. The Morgan fingerprint density at radius 1 is 1.17 bits per heavy atom. The van der Waals surface area contributed by atoms with Crippen molar-refractivity contribution in [2.75, 3.05) is 26.3 Å². The lowest BCUT2D eigenvalue weighted by Gasteiger charge is -2.53. The standard InChI is InChI=1S/C28H35NO6/c1-4-32-24-7-5-6-21-26-22(28(2,3)35-27(21)24)14-19-16-29(13-12-23(19)34-26)15-18-8-10-20(11-9-18)33-17-25(30)31/h5-11,19,22-23,26H,4,12-17H2,1-3H3,(H,30,31)/t19-,22-,23-,26+/m1/s1. The van der Waals surface area contributed by atoms with Crippen LogP contribution in [0.3, 0.4) is 0 Å². The van der Waals surface area contributed by atoms with Crippen LogP contribution in [-0.4, -0.2) is 54.0 Å². The van der Waals surface area contributed by atoms with Crippen molar-refractivity contribution >= 4 is 5.97 Å². The van der Waals surface area contributed by atoms with Crippen molar-refractivity contribution in [3.63, 3.8) is 0 Å². The molecule has 1 N–H and O–H groups in total. The van der Waals surface area contributed by atoms with Crippen molar-refractivity contribution in [1.29, 1.82) is 0 Å². The van der Waals surface area contributed by atoms with Gasteiger partial charge in [-0.1, -0.05) is 24.3 Å². The Morgan fingerprint density at radius 3 is 2.71 bits per heavy atom. The van der Waals surface area contributed by atoms with Crippen LogP contribution in [0.15, 0.2) is 42.5 Å². The Labute approximate surface area is 206 Å². The Kier molecular flexibility index (Phi) is 6.64. The smallest absolute Gasteiger partial charge is 0.341 e. The van der Waals surface area contributed by atoms with Gasteiger partial charge in [0.25, 0.3) is 0 Å². The van der Waals surface area contributed by atoms with Crippen LogP contribution in [0.4, 0.5) is 0 Å². The van der Waals surface area contributed by atoms with Gasteiger partial charge in [0, 0.05) is 31.1 Å². The van der Waals surface area contributed by atoms with Gasteiger partial charge in [0.2, 0.25) is 0 Å². The molecule has 0 unspecified atom stereocenters. The lowest BCUT2D eigenvalue weighted by atomic mass is 9.70. The van der Waals surface area contributed by atoms with Crippen LogP contribution in [0.1, 0.15) is 50.8 Å². The first kappa shape index (κ1) is 23.9. The molecular formula is C28H35NO6. The summed E-state index contributed by atoms with van der Waals surface area (Å²) in [5.41, 5.74) is 1.97. The molecule has 0 radical (unpaired) electrons. The average Bonchev–Trinajstić information content (AvgIpc) is 2.83. The number of hydrogen-bond donors (Lipinski definition) is 1. The number of likely N-dealkylation sites (tertiary alicyclic amines) is 1. The number of para-hydroxylation sites is 1. The Morgan fingerprint density at radius 2 is 1.97 bits per heavy atom. The molecule has 0 bridgehead atoms. The summed E-state index contributed by atoms with van der Waals surface area (Å²) in [4.78, 5) is 13.2. The number of carbonyl (C=O) groups is 1. The minimum Gasteiger partial charge on any atom is -0.490 e. The predicted molar refractivity (Wildman–Crippen MR) is 131 cm³/mol. The topological polar surface area (TPSA) is 77.5 Å². The molecule has 3 aliphatic rings. The number of fused-ring (bicyclic) bond motifs is 4. The van der Waals surface area contributed by atoms with Crippen molar-refractivity contribution in [3.05, 3.63) is 53.6 Å². The molecule has 0 aromatic heterocycles. The number of ether oxygens (including phenoxy) is 4. The lowest BCUT2D eigenvalue weighted by molar-refractivity contribution is -0.188. The highest BCUT2D eigenvalue weighted by molar-refractivity contribution is 5.68. The lowest BCUT2D eigenvalue weighted by Crippen LogP contribution is -2.55. The Hall–Kier alpha value is -2.77. The van der Waals surface area contributed by atoms with Crippen molar-refractivity contribution in [2.45, 2.75) is 58.0 Å². The summed E-state index contributed by atoms with van der Waals surface area (Å²) >= 11 is 0. The summed E-state index contributed by atoms with van der Waals surface area (Å²) in [7, 11) is 0. The average molecular weight is 482 g/mol. The van der Waals surface area contributed by atoms with E-state index in [9.17, 15) is 4.79 Å². The first-order chi connectivity index (χ1) is 16.8. The number of rotatable bonds is 7. The van der Waals surface area contributed by atoms with Gasteiger partial charge in [0.05, 0.1) is 18.8 Å². The van der Waals surface area contributed by atoms with E-state index in [0.29, 0.717) is 18.3 Å². The maximum atomic E-state index is 10.7. The number of nitrogens with zero attached hydrogens (tertiary/aromatic N) is 1. The van der Waals surface area contributed by atoms with E-state index in [4.69, 9.17) is 24.1 Å². The van der Waals surface area contributed by atoms with Crippen LogP contribution in [0.5, 0.6) is 17.2 Å². The monoisotopic (exact) mass is 481 g/mol. The van der Waals surface area contributed by atoms with E-state index < -0.39 is 5.97 Å². The predicted octanol–water partition coefficient (Wildman–Crippen LogP) is 4.69. The second kappa shape index (κ2) is 9.70. The van der Waals surface area contributed by atoms with E-state index in [1.807, 2.05) is 43.3 Å². The van der Waals surface area contributed by atoms with Crippen molar-refractivity contribution in [1.82, 2.24) is 4.90 Å². The van der Waals surface area contributed by atoms with Gasteiger partial charge in [0.1, 0.15) is 11.4 Å². The summed E-state index contributed by atoms with van der Waals surface area (Å²) in [6, 6.07) is 13.9. The molecule has 35 heavy (non-hydrogen) atoms. The largest absolute Gasteiger partial charge is 0.490 e. The fraction of sp³-hybridized carbons (Fsp3) is 0.536. The first-order valence-corrected chi connectivity index (χ1v) is 12.6. The van der Waals surface area contributed by atoms with Crippen LogP contribution in [0.25, 0.3) is 0 Å². The van der Waals surface area contributed by atoms with Crippen LogP contribution < -0.4 is 14.2 Å². The van der Waals surface area contributed by atoms with Gasteiger partial charge in [0.15, 0.2) is 18.1 Å². The van der Waals surface area contributed by atoms with Crippen molar-refractivity contribution < 1.29 is 28.8 Å². The van der Waals surface area contributed by atoms with E-state index in [1.54, 1.807) is 0 Å². The van der Waals surface area contributed by atoms with Gasteiger partial charge in [-0.25, -0.2) is 4.79 Å². The van der Waals surface area contributed by atoms with Crippen molar-refractivity contribution in [2.24, 2.45) is 11.8 Å². The molecule has 0 aliphatic carbocycles. The Bertz CT molecular complexity index is 1050. The third-order valence-electron chi connectivity index (χ3n) is 7.56. The molecule has 2 aromatic carbocycles. The van der Waals surface area contributed by atoms with E-state index in [1.165, 1.54) is 5.56 Å². The summed E-state index contributed by atoms with van der Waals surface area (Å²) < 4.78 is 24.5. The zero-order valence-electron chi connectivity index (χ0n) is 20.7. The van der Waals surface area contributed by atoms with E-state index in [2.05, 4.69) is 24.8 Å². The van der Waals surface area contributed by atoms with Gasteiger partial charge in [-0.3, -0.25) is 4.90 Å². The first-order valence-electron chi connectivity index (χ1n) is 12.6. The zero-order chi connectivity index (χ0) is 24.6. The van der Waals surface area contributed by atoms with E-state index in [0.717, 1.165) is 49.5 Å². The third kappa shape index (κ3) is 4.98. The fourth-order valence-corrected chi connectivity index (χ4v) is 5.87. The summed E-state index contributed by atoms with van der Waals surface area (Å²) in [6.07, 6.45) is 2.35. The van der Waals surface area contributed by atoms with Gasteiger partial charge in [-0.15, -0.1) is 0 Å². The maximum absolute atomic E-state index is 10.7. The fourth-order valence-electron chi connectivity index (χ4n) is 5.87. The van der Waals surface area contributed by atoms with Crippen LogP contribution in [-0.2, 0) is 16.1 Å². The molecule has 188 valence electrons. The molecule has 3 heterocycles. The molecule has 4 atom stereocenters. The second-order valence-corrected chi connectivity index (χ2v) is 10.4. The molecular weight excluding hydrogens is 446 g/mol. The Balaban J connectivity index is 1.26. The molecule has 0 spiro atoms. The summed E-state index contributed by atoms with van der Waals surface area (Å²) in [5, 5.41) is 8.77. The van der Waals surface area contributed by atoms with E-state index >= 15 is 0 Å². The quantitative estimate of drug-likeness (QED) is 0.615. The van der Waals surface area contributed by atoms with Gasteiger partial charge in [-0.05, 0) is 63.3 Å². The highest BCUT2D eigenvalue weighted by Crippen LogP contribution is 2.55. The van der Waals surface area contributed by atoms with E-state index in [-0.39, 0.29) is 30.3 Å². The normalized spacial score (nSPS) is 27.1. The zero-order valence-corrected chi connectivity index (χ0v) is 20.7. The molecule has 2 fully saturated rings. The van der Waals surface area contributed by atoms with Gasteiger partial charge in [-0.2, -0.15) is 0 Å². The molecule has 0 saturated carbocycles. The molecule has 7 nitrogen and oxygen atoms in total. The molecule has 3 aliphatic heterocycles. The number of benzene rings is 2. The van der Waals surface area contributed by atoms with Crippen molar-refractivity contribution in [3.8, 4) is 17.2 Å². The minimum absolute atomic E-state index is 0.0281. The van der Waals surface area contributed by atoms with Gasteiger partial charge < -0.3 is 24.1 Å². The highest BCUT2D eigenvalue weighted by Gasteiger charge is 2.51. The minimum atomic E-state index is -0.973. The summed E-state index contributed by atoms with van der Waals surface area (Å²) in [5.74, 6) is 1.98. The maximum Gasteiger partial charge on any atom is 0.341 e. The van der Waals surface area contributed by atoms with Crippen LogP contribution >= 0.6 is 0 Å². The second-order valence-electron chi connectivity index (χ2n) is 10.4. The SMILES string of the molecule is CCOc1cccc2c1OC(C)(C)[C@@H]1C[C@@H]3CN(Cc4ccc(OCC(=O)O)cc4)CC[C@H]3O[C@@H]21. The van der Waals surface area contributed by atoms with Gasteiger partial charge >= 0.3 is 5.97 Å². The third-order valence-corrected chi connectivity index (χ3v) is 7.56. The number of carboxylic acid groups (broad SMARTS) is 1. The number of aliphatic carboxylic acids is 1. The number of hydrogen-bond acceptors (Lipinski definition) is 6.